The van der Waals surface area contributed by atoms with Crippen LogP contribution in [0.2, 0.25) is 5.02 Å². The van der Waals surface area contributed by atoms with Crippen molar-refractivity contribution in [3.8, 4) is 0 Å². The summed E-state index contributed by atoms with van der Waals surface area (Å²) in [5.74, 6) is -0.0557. The minimum atomic E-state index is -0.195. The van der Waals surface area contributed by atoms with Crippen LogP contribution >= 0.6 is 50.6 Å². The van der Waals surface area contributed by atoms with Gasteiger partial charge in [-0.1, -0.05) is 50.6 Å². The standard InChI is InChI=1S/C17H9BrClN7OS2/c18-8-1-3-11-10(5-8)15-23-24-25-26(15)17(21-11)28-7-14(27)22-16-20-12-4-2-9(19)6-13(12)29-16/h1-6H,7H2,(H,20,22,27). The maximum Gasteiger partial charge on any atom is 0.236 e. The smallest absolute Gasteiger partial charge is 0.236 e. The third kappa shape index (κ3) is 3.66. The topological polar surface area (TPSA) is 98.0 Å². The summed E-state index contributed by atoms with van der Waals surface area (Å²) in [4.78, 5) is 21.4. The minimum absolute atomic E-state index is 0.140. The molecule has 0 aliphatic carbocycles. The summed E-state index contributed by atoms with van der Waals surface area (Å²) < 4.78 is 3.36. The second-order valence-corrected chi connectivity index (χ2v) is 9.26. The van der Waals surface area contributed by atoms with Gasteiger partial charge in [-0.15, -0.1) is 5.10 Å². The van der Waals surface area contributed by atoms with Crippen LogP contribution in [0.15, 0.2) is 46.0 Å². The number of amides is 1. The predicted octanol–water partition coefficient (Wildman–Crippen LogP) is 4.43. The molecule has 2 aromatic carbocycles. The number of thiazole rings is 1. The van der Waals surface area contributed by atoms with Gasteiger partial charge in [-0.3, -0.25) is 4.79 Å². The van der Waals surface area contributed by atoms with Gasteiger partial charge in [0.1, 0.15) is 0 Å². The quantitative estimate of drug-likeness (QED) is 0.284. The number of rotatable bonds is 4. The van der Waals surface area contributed by atoms with Crippen LogP contribution in [-0.2, 0) is 4.79 Å². The van der Waals surface area contributed by atoms with Gasteiger partial charge >= 0.3 is 0 Å². The van der Waals surface area contributed by atoms with Crippen molar-refractivity contribution < 1.29 is 4.79 Å². The zero-order valence-electron chi connectivity index (χ0n) is 14.3. The molecule has 3 heterocycles. The first-order chi connectivity index (χ1) is 14.1. The molecule has 0 radical (unpaired) electrons. The summed E-state index contributed by atoms with van der Waals surface area (Å²) in [6.45, 7) is 0. The Balaban J connectivity index is 1.37. The summed E-state index contributed by atoms with van der Waals surface area (Å²) in [5, 5.41) is 17.2. The monoisotopic (exact) mass is 505 g/mol. The molecule has 144 valence electrons. The van der Waals surface area contributed by atoms with E-state index in [9.17, 15) is 4.79 Å². The maximum atomic E-state index is 12.4. The van der Waals surface area contributed by atoms with Crippen molar-refractivity contribution in [3.63, 3.8) is 0 Å². The first kappa shape index (κ1) is 18.7. The summed E-state index contributed by atoms with van der Waals surface area (Å²) >= 11 is 12.1. The number of thioether (sulfide) groups is 1. The lowest BCUT2D eigenvalue weighted by Crippen LogP contribution is -2.14. The van der Waals surface area contributed by atoms with Gasteiger partial charge in [0.05, 0.1) is 21.5 Å². The van der Waals surface area contributed by atoms with E-state index < -0.39 is 0 Å². The number of carbonyl (C=O) groups is 1. The zero-order valence-corrected chi connectivity index (χ0v) is 18.3. The number of fused-ring (bicyclic) bond motifs is 4. The van der Waals surface area contributed by atoms with Crippen LogP contribution < -0.4 is 5.32 Å². The molecule has 29 heavy (non-hydrogen) atoms. The van der Waals surface area contributed by atoms with Gasteiger partial charge in [0.25, 0.3) is 0 Å². The highest BCUT2D eigenvalue weighted by Gasteiger charge is 2.15. The predicted molar refractivity (Wildman–Crippen MR) is 118 cm³/mol. The molecular formula is C17H9BrClN7OS2. The average Bonchev–Trinajstić information content (AvgIpc) is 3.33. The Kier molecular flexibility index (Phi) is 4.82. The highest BCUT2D eigenvalue weighted by atomic mass is 79.9. The Morgan fingerprint density at radius 2 is 2.07 bits per heavy atom. The van der Waals surface area contributed by atoms with Crippen LogP contribution in [0.25, 0.3) is 26.8 Å². The Morgan fingerprint density at radius 3 is 2.97 bits per heavy atom. The van der Waals surface area contributed by atoms with Gasteiger partial charge in [0, 0.05) is 14.9 Å². The second-order valence-electron chi connectivity index (χ2n) is 5.94. The first-order valence-electron chi connectivity index (χ1n) is 8.23. The fourth-order valence-electron chi connectivity index (χ4n) is 2.75. The van der Waals surface area contributed by atoms with Crippen molar-refractivity contribution in [2.24, 2.45) is 0 Å². The molecule has 0 bridgehead atoms. The number of nitrogens with zero attached hydrogens (tertiary/aromatic N) is 6. The molecule has 0 unspecified atom stereocenters. The van der Waals surface area contributed by atoms with E-state index >= 15 is 0 Å². The van der Waals surface area contributed by atoms with Crippen LogP contribution in [-0.4, -0.2) is 41.7 Å². The molecule has 1 amide bonds. The van der Waals surface area contributed by atoms with Gasteiger partial charge in [-0.2, -0.15) is 4.52 Å². The largest absolute Gasteiger partial charge is 0.301 e. The van der Waals surface area contributed by atoms with Gasteiger partial charge in [-0.25, -0.2) is 9.97 Å². The molecule has 0 aliphatic rings. The van der Waals surface area contributed by atoms with E-state index in [1.807, 2.05) is 30.3 Å². The molecule has 1 N–H and O–H groups in total. The van der Waals surface area contributed by atoms with Crippen molar-refractivity contribution in [2.45, 2.75) is 5.16 Å². The third-order valence-electron chi connectivity index (χ3n) is 4.00. The number of benzene rings is 2. The fraction of sp³-hybridized carbons (Fsp3) is 0.0588. The number of anilines is 1. The average molecular weight is 507 g/mol. The normalized spacial score (nSPS) is 11.5. The molecule has 5 rings (SSSR count). The van der Waals surface area contributed by atoms with Gasteiger partial charge in [-0.05, 0) is 46.8 Å². The minimum Gasteiger partial charge on any atom is -0.301 e. The molecule has 8 nitrogen and oxygen atoms in total. The SMILES string of the molecule is O=C(CSc1nc2ccc(Br)cc2c2nnnn12)Nc1nc2ccc(Cl)cc2s1. The van der Waals surface area contributed by atoms with Crippen molar-refractivity contribution in [3.05, 3.63) is 45.9 Å². The van der Waals surface area contributed by atoms with Crippen LogP contribution in [0, 0.1) is 0 Å². The van der Waals surface area contributed by atoms with Crippen LogP contribution in [0.3, 0.4) is 0 Å². The van der Waals surface area contributed by atoms with Crippen molar-refractivity contribution in [1.29, 1.82) is 0 Å². The Morgan fingerprint density at radius 1 is 1.21 bits per heavy atom. The van der Waals surface area contributed by atoms with Crippen LogP contribution in [0.1, 0.15) is 0 Å². The zero-order chi connectivity index (χ0) is 20.0. The van der Waals surface area contributed by atoms with E-state index in [2.05, 4.69) is 46.7 Å². The molecule has 0 atom stereocenters. The first-order valence-corrected chi connectivity index (χ1v) is 11.2. The van der Waals surface area contributed by atoms with Crippen molar-refractivity contribution in [1.82, 2.24) is 30.0 Å². The number of carbonyl (C=O) groups excluding carboxylic acids is 1. The van der Waals surface area contributed by atoms with E-state index in [1.165, 1.54) is 27.6 Å². The Bertz CT molecular complexity index is 1400. The lowest BCUT2D eigenvalue weighted by atomic mass is 10.2. The summed E-state index contributed by atoms with van der Waals surface area (Å²) in [6.07, 6.45) is 0. The summed E-state index contributed by atoms with van der Waals surface area (Å²) in [6, 6.07) is 11.1. The molecule has 0 saturated heterocycles. The molecule has 3 aromatic heterocycles. The summed E-state index contributed by atoms with van der Waals surface area (Å²) in [5.41, 5.74) is 2.13. The number of nitrogens with one attached hydrogen (secondary N) is 1. The number of halogens is 2. The van der Waals surface area contributed by atoms with Gasteiger partial charge in [0.15, 0.2) is 15.9 Å². The van der Waals surface area contributed by atoms with Crippen molar-refractivity contribution >= 4 is 88.4 Å². The van der Waals surface area contributed by atoms with E-state index in [0.29, 0.717) is 21.0 Å². The molecule has 0 aliphatic heterocycles. The van der Waals surface area contributed by atoms with E-state index in [4.69, 9.17) is 11.6 Å². The van der Waals surface area contributed by atoms with Crippen LogP contribution in [0.5, 0.6) is 0 Å². The third-order valence-corrected chi connectivity index (χ3v) is 6.59. The maximum absolute atomic E-state index is 12.4. The second kappa shape index (κ2) is 7.48. The highest BCUT2D eigenvalue weighted by molar-refractivity contribution is 9.10. The van der Waals surface area contributed by atoms with Gasteiger partial charge < -0.3 is 5.32 Å². The Hall–Kier alpha value is -2.34. The van der Waals surface area contributed by atoms with E-state index in [0.717, 1.165) is 25.6 Å². The van der Waals surface area contributed by atoms with Gasteiger partial charge in [0.2, 0.25) is 5.91 Å². The molecule has 0 fully saturated rings. The molecule has 5 aromatic rings. The number of hydrogen-bond donors (Lipinski definition) is 1. The Labute approximate surface area is 184 Å². The molecule has 12 heteroatoms. The lowest BCUT2D eigenvalue weighted by molar-refractivity contribution is -0.113. The fourth-order valence-corrected chi connectivity index (χ4v) is 5.01. The number of aromatic nitrogens is 6. The molecule has 0 saturated carbocycles. The summed E-state index contributed by atoms with van der Waals surface area (Å²) in [7, 11) is 0. The lowest BCUT2D eigenvalue weighted by Gasteiger charge is -2.05. The highest BCUT2D eigenvalue weighted by Crippen LogP contribution is 2.29. The van der Waals surface area contributed by atoms with Crippen LogP contribution in [0.4, 0.5) is 5.13 Å². The number of hydrogen-bond acceptors (Lipinski definition) is 8. The number of tetrazole rings is 1. The molecule has 0 spiro atoms. The van der Waals surface area contributed by atoms with Crippen molar-refractivity contribution in [2.75, 3.05) is 11.1 Å². The van der Waals surface area contributed by atoms with E-state index in [1.54, 1.807) is 6.07 Å². The van der Waals surface area contributed by atoms with E-state index in [-0.39, 0.29) is 11.7 Å². The molecular weight excluding hydrogens is 498 g/mol.